The Labute approximate surface area is 264 Å². The largest absolute Gasteiger partial charge is 0.487 e. The Balaban J connectivity index is 1.06. The second kappa shape index (κ2) is 11.6. The van der Waals surface area contributed by atoms with Gasteiger partial charge in [-0.1, -0.05) is 6.07 Å². The highest BCUT2D eigenvalue weighted by atomic mass is 19.3. The van der Waals surface area contributed by atoms with Crippen molar-refractivity contribution in [3.8, 4) is 28.6 Å². The topological polar surface area (TPSA) is 162 Å². The number of aliphatic hydroxyl groups excluding tert-OH is 1. The molecule has 246 valence electrons. The van der Waals surface area contributed by atoms with E-state index in [0.29, 0.717) is 29.6 Å². The molecule has 4 aromatic rings. The van der Waals surface area contributed by atoms with Gasteiger partial charge < -0.3 is 39.5 Å². The Hall–Kier alpha value is -5.09. The highest BCUT2D eigenvalue weighted by molar-refractivity contribution is 6.23. The maximum Gasteiger partial charge on any atom is 0.468 e. The number of nitrogens with one attached hydrogen (secondary N) is 3. The van der Waals surface area contributed by atoms with Crippen molar-refractivity contribution in [2.24, 2.45) is 0 Å². The number of aliphatic hydroxyl groups is 1. The standard InChI is InChI=1S/C31H29F3N6O7/c1-39-9-6-15(7-10-39)40-28(43)17-11-20-21(12-18(17)29(40)44)38-26(37-20)24-19(5-8-35-27(24)42)36-13-16(41)14-45-22-3-2-4-23-25(22)46-30(32)31(33,34)47-23/h2-5,8,11-12,15-16,30,41H,6-7,9-10,13-14H2,1H3,(H,37,38)(H2,35,36,42)/t16-,30?/m1/s1. The second-order valence-electron chi connectivity index (χ2n) is 11.6. The summed E-state index contributed by atoms with van der Waals surface area (Å²) < 4.78 is 55.3. The van der Waals surface area contributed by atoms with Crippen molar-refractivity contribution in [3.63, 3.8) is 0 Å². The molecule has 4 N–H and O–H groups in total. The van der Waals surface area contributed by atoms with E-state index in [-0.39, 0.29) is 65.0 Å². The number of H-pyrrole nitrogens is 2. The molecule has 0 aliphatic carbocycles. The van der Waals surface area contributed by atoms with E-state index in [2.05, 4.69) is 34.6 Å². The zero-order valence-electron chi connectivity index (χ0n) is 24.9. The molecule has 2 atom stereocenters. The predicted octanol–water partition coefficient (Wildman–Crippen LogP) is 3.12. The van der Waals surface area contributed by atoms with Crippen molar-refractivity contribution >= 4 is 28.5 Å². The van der Waals surface area contributed by atoms with E-state index < -0.39 is 29.9 Å². The van der Waals surface area contributed by atoms with E-state index in [4.69, 9.17) is 4.74 Å². The average molecular weight is 655 g/mol. The molecule has 3 aliphatic rings. The number of carbonyl (C=O) groups is 2. The Morgan fingerprint density at radius 1 is 1.15 bits per heavy atom. The molecule has 0 bridgehead atoms. The molecule has 2 amide bonds. The molecule has 16 heteroatoms. The van der Waals surface area contributed by atoms with Crippen LogP contribution < -0.4 is 25.1 Å². The molecule has 0 saturated carbocycles. The quantitative estimate of drug-likeness (QED) is 0.208. The minimum absolute atomic E-state index is 0.111. The summed E-state index contributed by atoms with van der Waals surface area (Å²) in [5.74, 6) is -1.45. The summed E-state index contributed by atoms with van der Waals surface area (Å²) in [7, 11) is 2.00. The number of piperidine rings is 1. The third-order valence-corrected chi connectivity index (χ3v) is 8.40. The lowest BCUT2D eigenvalue weighted by Crippen LogP contribution is -2.46. The van der Waals surface area contributed by atoms with Gasteiger partial charge in [0.2, 0.25) is 5.75 Å². The predicted molar refractivity (Wildman–Crippen MR) is 161 cm³/mol. The number of pyridine rings is 1. The molecule has 7 rings (SSSR count). The van der Waals surface area contributed by atoms with Crippen molar-refractivity contribution in [1.29, 1.82) is 0 Å². The molecule has 47 heavy (non-hydrogen) atoms. The second-order valence-corrected chi connectivity index (χ2v) is 11.6. The highest BCUT2D eigenvalue weighted by Crippen LogP contribution is 2.46. The molecule has 1 fully saturated rings. The van der Waals surface area contributed by atoms with Crippen molar-refractivity contribution in [1.82, 2.24) is 24.8 Å². The van der Waals surface area contributed by atoms with E-state index in [1.54, 1.807) is 18.2 Å². The Kier molecular flexibility index (Phi) is 7.55. The molecule has 13 nitrogen and oxygen atoms in total. The van der Waals surface area contributed by atoms with Crippen LogP contribution >= 0.6 is 0 Å². The number of imidazole rings is 1. The molecule has 1 saturated heterocycles. The fraction of sp³-hybridized carbons (Fsp3) is 0.355. The molecule has 3 aliphatic heterocycles. The normalized spacial score (nSPS) is 20.0. The minimum Gasteiger partial charge on any atom is -0.487 e. The monoisotopic (exact) mass is 654 g/mol. The molecule has 2 aromatic heterocycles. The van der Waals surface area contributed by atoms with E-state index in [1.165, 1.54) is 29.3 Å². The maximum atomic E-state index is 13.7. The van der Waals surface area contributed by atoms with Crippen LogP contribution in [0.1, 0.15) is 33.6 Å². The van der Waals surface area contributed by atoms with Crippen LogP contribution in [0, 0.1) is 0 Å². The number of halogens is 3. The number of aromatic amines is 2. The number of rotatable bonds is 8. The molecular weight excluding hydrogens is 625 g/mol. The lowest BCUT2D eigenvalue weighted by Gasteiger charge is -2.33. The fourth-order valence-electron chi connectivity index (χ4n) is 5.97. The summed E-state index contributed by atoms with van der Waals surface area (Å²) in [6, 6.07) is 8.37. The number of aromatic nitrogens is 3. The number of ether oxygens (including phenoxy) is 3. The van der Waals surface area contributed by atoms with Crippen LogP contribution in [0.15, 0.2) is 47.4 Å². The molecule has 0 radical (unpaired) electrons. The van der Waals surface area contributed by atoms with Crippen LogP contribution in [0.2, 0.25) is 0 Å². The number of anilines is 1. The van der Waals surface area contributed by atoms with Gasteiger partial charge in [-0.15, -0.1) is 0 Å². The number of imide groups is 1. The average Bonchev–Trinajstić information content (AvgIpc) is 3.56. The first-order valence-corrected chi connectivity index (χ1v) is 14.9. The van der Waals surface area contributed by atoms with Crippen LogP contribution in [-0.2, 0) is 0 Å². The van der Waals surface area contributed by atoms with Crippen LogP contribution in [0.3, 0.4) is 0 Å². The number of hydrogen-bond donors (Lipinski definition) is 4. The van der Waals surface area contributed by atoms with Crippen molar-refractivity contribution in [2.45, 2.75) is 37.5 Å². The van der Waals surface area contributed by atoms with Crippen molar-refractivity contribution in [2.75, 3.05) is 38.6 Å². The van der Waals surface area contributed by atoms with Crippen LogP contribution in [0.25, 0.3) is 22.4 Å². The third kappa shape index (κ3) is 5.52. The van der Waals surface area contributed by atoms with Crippen molar-refractivity contribution < 1.29 is 42.1 Å². The summed E-state index contributed by atoms with van der Waals surface area (Å²) in [6.07, 6.45) is -5.58. The number of likely N-dealkylation sites (tertiary alicyclic amines) is 1. The SMILES string of the molecule is CN1CCC(N2C(=O)c3cc4nc(-c5c(NC[C@@H](O)COc6cccc7c6OC(F)C(F)(F)O7)cc[nH]c5=O)[nH]c4cc3C2=O)CC1. The maximum absolute atomic E-state index is 13.7. The summed E-state index contributed by atoms with van der Waals surface area (Å²) in [5.41, 5.74) is 1.29. The number of hydrogen-bond acceptors (Lipinski definition) is 10. The summed E-state index contributed by atoms with van der Waals surface area (Å²) in [6.45, 7) is 1.10. The number of nitrogens with zero attached hydrogens (tertiary/aromatic N) is 3. The van der Waals surface area contributed by atoms with Crippen LogP contribution in [-0.4, -0.2) is 99.6 Å². The van der Waals surface area contributed by atoms with Gasteiger partial charge in [0, 0.05) is 18.8 Å². The number of amides is 2. The number of carbonyl (C=O) groups excluding carboxylic acids is 2. The van der Waals surface area contributed by atoms with E-state index in [0.717, 1.165) is 13.1 Å². The van der Waals surface area contributed by atoms with Crippen LogP contribution in [0.5, 0.6) is 17.2 Å². The van der Waals surface area contributed by atoms with Gasteiger partial charge in [-0.2, -0.15) is 13.2 Å². The summed E-state index contributed by atoms with van der Waals surface area (Å²) in [5, 5.41) is 13.6. The number of benzene rings is 2. The Morgan fingerprint density at radius 3 is 2.66 bits per heavy atom. The smallest absolute Gasteiger partial charge is 0.468 e. The first kappa shape index (κ1) is 30.6. The fourth-order valence-corrected chi connectivity index (χ4v) is 5.97. The van der Waals surface area contributed by atoms with E-state index >= 15 is 0 Å². The zero-order valence-corrected chi connectivity index (χ0v) is 24.9. The van der Waals surface area contributed by atoms with Gasteiger partial charge in [-0.05, 0) is 63.3 Å². The number of para-hydroxylation sites is 1. The van der Waals surface area contributed by atoms with Gasteiger partial charge in [0.15, 0.2) is 11.5 Å². The molecule has 1 unspecified atom stereocenters. The van der Waals surface area contributed by atoms with Gasteiger partial charge in [0.1, 0.15) is 24.1 Å². The van der Waals surface area contributed by atoms with Crippen molar-refractivity contribution in [3.05, 3.63) is 64.1 Å². The zero-order chi connectivity index (χ0) is 33.0. The molecular formula is C31H29F3N6O7. The first-order chi connectivity index (χ1) is 22.5. The Bertz CT molecular complexity index is 1890. The lowest BCUT2D eigenvalue weighted by atomic mass is 10.0. The number of fused-ring (bicyclic) bond motifs is 3. The molecule has 0 spiro atoms. The van der Waals surface area contributed by atoms with Gasteiger partial charge in [0.05, 0.1) is 27.8 Å². The van der Waals surface area contributed by atoms with Crippen LogP contribution in [0.4, 0.5) is 18.9 Å². The summed E-state index contributed by atoms with van der Waals surface area (Å²) in [4.78, 5) is 53.3. The van der Waals surface area contributed by atoms with Gasteiger partial charge >= 0.3 is 12.5 Å². The van der Waals surface area contributed by atoms with E-state index in [1.807, 2.05) is 7.05 Å². The van der Waals surface area contributed by atoms with Gasteiger partial charge in [0.25, 0.3) is 17.4 Å². The van der Waals surface area contributed by atoms with Gasteiger partial charge in [-0.25, -0.2) is 4.98 Å². The molecule has 2 aromatic carbocycles. The Morgan fingerprint density at radius 2 is 1.89 bits per heavy atom. The first-order valence-electron chi connectivity index (χ1n) is 14.9. The molecule has 5 heterocycles. The van der Waals surface area contributed by atoms with Gasteiger partial charge in [-0.3, -0.25) is 19.3 Å². The lowest BCUT2D eigenvalue weighted by molar-refractivity contribution is -0.281. The highest BCUT2D eigenvalue weighted by Gasteiger charge is 2.50. The minimum atomic E-state index is -4.16. The van der Waals surface area contributed by atoms with E-state index in [9.17, 15) is 32.7 Å². The third-order valence-electron chi connectivity index (χ3n) is 8.40. The summed E-state index contributed by atoms with van der Waals surface area (Å²) >= 11 is 0. The number of alkyl halides is 3.